The number of fused-ring (bicyclic) bond motifs is 2. The average molecular weight is 383 g/mol. The van der Waals surface area contributed by atoms with Gasteiger partial charge in [-0.2, -0.15) is 0 Å². The maximum absolute atomic E-state index is 13.2. The second-order valence-electron chi connectivity index (χ2n) is 7.07. The summed E-state index contributed by atoms with van der Waals surface area (Å²) in [4.78, 5) is 42.0. The molecule has 1 aromatic heterocycles. The van der Waals surface area contributed by atoms with Gasteiger partial charge in [-0.1, -0.05) is 30.3 Å². The van der Waals surface area contributed by atoms with E-state index in [1.807, 2.05) is 41.8 Å². The Labute approximate surface area is 161 Å². The summed E-state index contributed by atoms with van der Waals surface area (Å²) in [5, 5.41) is 4.84. The number of carbonyl (C=O) groups is 3. The van der Waals surface area contributed by atoms with Crippen LogP contribution in [0.4, 0.5) is 4.79 Å². The molecule has 2 aliphatic rings. The van der Waals surface area contributed by atoms with E-state index >= 15 is 0 Å². The lowest BCUT2D eigenvalue weighted by Gasteiger charge is -2.33. The van der Waals surface area contributed by atoms with Crippen molar-refractivity contribution < 1.29 is 14.4 Å². The summed E-state index contributed by atoms with van der Waals surface area (Å²) >= 11 is 1.57. The van der Waals surface area contributed by atoms with Crippen LogP contribution in [0.1, 0.15) is 28.8 Å². The van der Waals surface area contributed by atoms with Crippen LogP contribution in [0.15, 0.2) is 41.8 Å². The monoisotopic (exact) mass is 383 g/mol. The van der Waals surface area contributed by atoms with E-state index in [2.05, 4.69) is 5.32 Å². The molecular weight excluding hydrogens is 362 g/mol. The molecule has 2 aromatic rings. The van der Waals surface area contributed by atoms with Crippen LogP contribution in [-0.4, -0.2) is 41.2 Å². The summed E-state index contributed by atoms with van der Waals surface area (Å²) < 4.78 is 0. The number of urea groups is 1. The molecule has 1 aliphatic heterocycles. The fourth-order valence-corrected chi connectivity index (χ4v) is 4.69. The number of hydrogen-bond donors (Lipinski definition) is 1. The first-order valence-electron chi connectivity index (χ1n) is 9.00. The van der Waals surface area contributed by atoms with Crippen LogP contribution < -0.4 is 5.32 Å². The lowest BCUT2D eigenvalue weighted by Crippen LogP contribution is -2.47. The summed E-state index contributed by atoms with van der Waals surface area (Å²) in [5.41, 5.74) is 0.912. The molecule has 1 spiro atoms. The maximum Gasteiger partial charge on any atom is 0.325 e. The molecular formula is C20H21N3O3S. The van der Waals surface area contributed by atoms with Crippen molar-refractivity contribution in [3.8, 4) is 0 Å². The first-order valence-corrected chi connectivity index (χ1v) is 9.88. The normalized spacial score (nSPS) is 21.3. The smallest absolute Gasteiger partial charge is 0.325 e. The van der Waals surface area contributed by atoms with Crippen molar-refractivity contribution in [2.24, 2.45) is 0 Å². The molecule has 0 radical (unpaired) electrons. The van der Waals surface area contributed by atoms with Crippen LogP contribution in [0, 0.1) is 0 Å². The van der Waals surface area contributed by atoms with Gasteiger partial charge in [0.25, 0.3) is 5.91 Å². The van der Waals surface area contributed by atoms with E-state index in [9.17, 15) is 14.4 Å². The lowest BCUT2D eigenvalue weighted by atomic mass is 9.76. The second kappa shape index (κ2) is 6.81. The van der Waals surface area contributed by atoms with Gasteiger partial charge < -0.3 is 10.2 Å². The average Bonchev–Trinajstić information content (AvgIpc) is 3.25. The fraction of sp³-hybridized carbons (Fsp3) is 0.350. The van der Waals surface area contributed by atoms with Gasteiger partial charge in [-0.3, -0.25) is 14.5 Å². The molecule has 1 aromatic carbocycles. The number of hydrogen-bond acceptors (Lipinski definition) is 4. The number of aryl methyl sites for hydroxylation is 1. The molecule has 0 saturated carbocycles. The van der Waals surface area contributed by atoms with Crippen LogP contribution in [-0.2, 0) is 28.1 Å². The first kappa shape index (κ1) is 17.7. The third kappa shape index (κ3) is 3.02. The predicted octanol–water partition coefficient (Wildman–Crippen LogP) is 2.49. The van der Waals surface area contributed by atoms with Crippen LogP contribution in [0.5, 0.6) is 0 Å². The zero-order chi connectivity index (χ0) is 19.0. The summed E-state index contributed by atoms with van der Waals surface area (Å²) in [5.74, 6) is -0.578. The van der Waals surface area contributed by atoms with Gasteiger partial charge >= 0.3 is 6.03 Å². The van der Waals surface area contributed by atoms with Gasteiger partial charge in [0.15, 0.2) is 0 Å². The Morgan fingerprint density at radius 3 is 2.85 bits per heavy atom. The third-order valence-electron chi connectivity index (χ3n) is 5.34. The van der Waals surface area contributed by atoms with Crippen molar-refractivity contribution in [2.45, 2.75) is 31.3 Å². The molecule has 1 atom stereocenters. The number of carbonyl (C=O) groups excluding carboxylic acids is 3. The van der Waals surface area contributed by atoms with Gasteiger partial charge in [-0.25, -0.2) is 4.79 Å². The van der Waals surface area contributed by atoms with Gasteiger partial charge in [0, 0.05) is 11.9 Å². The highest BCUT2D eigenvalue weighted by Gasteiger charge is 2.54. The van der Waals surface area contributed by atoms with Crippen molar-refractivity contribution in [1.82, 2.24) is 15.1 Å². The summed E-state index contributed by atoms with van der Waals surface area (Å²) in [7, 11) is 1.69. The number of nitrogens with zero attached hydrogens (tertiary/aromatic N) is 2. The van der Waals surface area contributed by atoms with E-state index in [1.54, 1.807) is 23.3 Å². The Hall–Kier alpha value is -2.67. The van der Waals surface area contributed by atoms with Crippen molar-refractivity contribution >= 4 is 29.2 Å². The maximum atomic E-state index is 13.2. The van der Waals surface area contributed by atoms with Gasteiger partial charge in [0.2, 0.25) is 5.91 Å². The van der Waals surface area contributed by atoms with E-state index in [1.165, 1.54) is 0 Å². The lowest BCUT2D eigenvalue weighted by molar-refractivity contribution is -0.139. The van der Waals surface area contributed by atoms with E-state index in [0.717, 1.165) is 33.7 Å². The van der Waals surface area contributed by atoms with Gasteiger partial charge in [-0.15, -0.1) is 11.3 Å². The van der Waals surface area contributed by atoms with Crippen LogP contribution >= 0.6 is 11.3 Å². The van der Waals surface area contributed by atoms with Crippen LogP contribution in [0.3, 0.4) is 0 Å². The molecule has 1 aliphatic carbocycles. The third-order valence-corrected chi connectivity index (χ3v) is 6.20. The molecule has 4 rings (SSSR count). The molecule has 4 amide bonds. The van der Waals surface area contributed by atoms with Crippen molar-refractivity contribution in [2.75, 3.05) is 13.6 Å². The van der Waals surface area contributed by atoms with E-state index < -0.39 is 11.6 Å². The zero-order valence-corrected chi connectivity index (χ0v) is 15.9. The number of amides is 4. The zero-order valence-electron chi connectivity index (χ0n) is 15.1. The van der Waals surface area contributed by atoms with Crippen LogP contribution in [0.2, 0.25) is 0 Å². The molecule has 1 N–H and O–H groups in total. The molecule has 6 nitrogen and oxygen atoms in total. The number of imide groups is 1. The number of rotatable bonds is 4. The van der Waals surface area contributed by atoms with E-state index in [4.69, 9.17) is 0 Å². The summed E-state index contributed by atoms with van der Waals surface area (Å²) in [6.45, 7) is 0.227. The minimum atomic E-state index is -1.03. The van der Waals surface area contributed by atoms with Crippen molar-refractivity contribution in [1.29, 1.82) is 0 Å². The minimum absolute atomic E-state index is 0.240. The molecule has 0 unspecified atom stereocenters. The van der Waals surface area contributed by atoms with Gasteiger partial charge in [0.05, 0.1) is 6.54 Å². The predicted molar refractivity (Wildman–Crippen MR) is 102 cm³/mol. The van der Waals surface area contributed by atoms with E-state index in [0.29, 0.717) is 13.0 Å². The number of likely N-dealkylation sites (N-methyl/N-ethyl adjacent to an activating group) is 1. The number of thiophene rings is 1. The number of nitrogens with one attached hydrogen (secondary N) is 1. The fourth-order valence-electron chi connectivity index (χ4n) is 3.94. The van der Waals surface area contributed by atoms with Crippen LogP contribution in [0.25, 0.3) is 0 Å². The Morgan fingerprint density at radius 1 is 1.26 bits per heavy atom. The number of benzene rings is 1. The second-order valence-corrected chi connectivity index (χ2v) is 8.10. The molecule has 7 heteroatoms. The first-order chi connectivity index (χ1) is 13.0. The molecule has 0 bridgehead atoms. The van der Waals surface area contributed by atoms with Crippen molar-refractivity contribution in [3.63, 3.8) is 0 Å². The van der Waals surface area contributed by atoms with Gasteiger partial charge in [0.1, 0.15) is 12.1 Å². The summed E-state index contributed by atoms with van der Waals surface area (Å²) in [6, 6.07) is 11.1. The Morgan fingerprint density at radius 2 is 2.07 bits per heavy atom. The largest absolute Gasteiger partial charge is 0.339 e. The molecule has 1 fully saturated rings. The summed E-state index contributed by atoms with van der Waals surface area (Å²) in [6.07, 6.45) is 2.27. The molecule has 27 heavy (non-hydrogen) atoms. The highest BCUT2D eigenvalue weighted by Crippen LogP contribution is 2.39. The Bertz CT molecular complexity index is 896. The quantitative estimate of drug-likeness (QED) is 0.825. The molecule has 140 valence electrons. The topological polar surface area (TPSA) is 69.7 Å². The molecule has 1 saturated heterocycles. The highest BCUT2D eigenvalue weighted by molar-refractivity contribution is 7.09. The molecule has 2 heterocycles. The van der Waals surface area contributed by atoms with Gasteiger partial charge in [-0.05, 0) is 41.8 Å². The highest BCUT2D eigenvalue weighted by atomic mass is 32.1. The Kier molecular flexibility index (Phi) is 4.47. The van der Waals surface area contributed by atoms with Crippen molar-refractivity contribution in [3.05, 3.63) is 57.8 Å². The SMILES string of the molecule is CN(Cc1cccs1)C(=O)CN1C(=O)N[C@]2(CCCc3ccccc32)C1=O. The minimum Gasteiger partial charge on any atom is -0.339 e. The standard InChI is InChI=1S/C20H21N3O3S/c1-22(12-15-8-5-11-27-15)17(24)13-23-18(25)20(21-19(23)26)10-4-7-14-6-2-3-9-16(14)20/h2-3,5-6,8-9,11H,4,7,10,12-13H2,1H3,(H,21,26)/t20-/m0/s1. The Balaban J connectivity index is 1.53. The van der Waals surface area contributed by atoms with E-state index in [-0.39, 0.29) is 18.4 Å².